The van der Waals surface area contributed by atoms with Crippen LogP contribution in [-0.2, 0) is 15.6 Å². The predicted molar refractivity (Wildman–Crippen MR) is 106 cm³/mol. The van der Waals surface area contributed by atoms with E-state index in [1.54, 1.807) is 48.5 Å². The van der Waals surface area contributed by atoms with Crippen molar-refractivity contribution in [2.75, 3.05) is 19.6 Å². The quantitative estimate of drug-likeness (QED) is 0.767. The number of carbonyl (C=O) groups excluding carboxylic acids is 1. The van der Waals surface area contributed by atoms with Crippen LogP contribution in [0.1, 0.15) is 34.3 Å². The topological polar surface area (TPSA) is 75.3 Å². The van der Waals surface area contributed by atoms with Crippen LogP contribution in [0.3, 0.4) is 0 Å². The van der Waals surface area contributed by atoms with E-state index >= 15 is 0 Å². The molecule has 0 radical (unpaired) electrons. The van der Waals surface area contributed by atoms with Gasteiger partial charge in [0.2, 0.25) is 0 Å². The number of nitrogens with one attached hydrogen (secondary N) is 2. The summed E-state index contributed by atoms with van der Waals surface area (Å²) in [5.41, 5.74) is 2.24. The molecule has 3 rings (SSSR count). The first-order valence-corrected chi connectivity index (χ1v) is 11.0. The van der Waals surface area contributed by atoms with Gasteiger partial charge in [-0.3, -0.25) is 4.79 Å². The van der Waals surface area contributed by atoms with Gasteiger partial charge in [0.05, 0.1) is 10.6 Å². The van der Waals surface area contributed by atoms with Crippen LogP contribution < -0.4 is 10.6 Å². The molecule has 27 heavy (non-hydrogen) atoms. The van der Waals surface area contributed by atoms with Gasteiger partial charge in [-0.05, 0) is 68.6 Å². The Morgan fingerprint density at radius 1 is 1.11 bits per heavy atom. The van der Waals surface area contributed by atoms with Crippen molar-refractivity contribution >= 4 is 15.7 Å². The number of benzene rings is 2. The molecule has 0 bridgehead atoms. The normalized spacial score (nSPS) is 17.0. The van der Waals surface area contributed by atoms with Gasteiger partial charge in [-0.25, -0.2) is 8.42 Å². The SMILES string of the molecule is Cc1ccc(S(=O)(=O)Cc2ccc(C(=O)NCCC3CCNC3)cc2)cc1. The van der Waals surface area contributed by atoms with Crippen molar-refractivity contribution < 1.29 is 13.2 Å². The molecule has 1 heterocycles. The third-order valence-electron chi connectivity index (χ3n) is 4.95. The monoisotopic (exact) mass is 386 g/mol. The van der Waals surface area contributed by atoms with Gasteiger partial charge in [0, 0.05) is 12.1 Å². The Morgan fingerprint density at radius 2 is 1.81 bits per heavy atom. The van der Waals surface area contributed by atoms with Crippen molar-refractivity contribution in [1.82, 2.24) is 10.6 Å². The second-order valence-corrected chi connectivity index (χ2v) is 9.16. The fourth-order valence-electron chi connectivity index (χ4n) is 3.25. The van der Waals surface area contributed by atoms with Crippen molar-refractivity contribution in [3.63, 3.8) is 0 Å². The van der Waals surface area contributed by atoms with E-state index in [-0.39, 0.29) is 11.7 Å². The van der Waals surface area contributed by atoms with Gasteiger partial charge in [-0.1, -0.05) is 29.8 Å². The molecule has 2 N–H and O–H groups in total. The number of hydrogen-bond acceptors (Lipinski definition) is 4. The summed E-state index contributed by atoms with van der Waals surface area (Å²) in [6.45, 7) is 4.67. The van der Waals surface area contributed by atoms with Crippen molar-refractivity contribution in [2.24, 2.45) is 5.92 Å². The molecule has 1 atom stereocenters. The molecule has 1 fully saturated rings. The second kappa shape index (κ2) is 8.67. The number of rotatable bonds is 7. The summed E-state index contributed by atoms with van der Waals surface area (Å²) in [6.07, 6.45) is 2.14. The maximum Gasteiger partial charge on any atom is 0.251 e. The fraction of sp³-hybridized carbons (Fsp3) is 0.381. The third-order valence-corrected chi connectivity index (χ3v) is 6.66. The number of carbonyl (C=O) groups is 1. The zero-order valence-electron chi connectivity index (χ0n) is 15.6. The zero-order valence-corrected chi connectivity index (χ0v) is 16.4. The van der Waals surface area contributed by atoms with Crippen molar-refractivity contribution in [3.8, 4) is 0 Å². The molecule has 6 heteroatoms. The highest BCUT2D eigenvalue weighted by atomic mass is 32.2. The van der Waals surface area contributed by atoms with Crippen LogP contribution in [-0.4, -0.2) is 34.0 Å². The molecule has 144 valence electrons. The Labute approximate surface area is 161 Å². The summed E-state index contributed by atoms with van der Waals surface area (Å²) in [7, 11) is -3.39. The lowest BCUT2D eigenvalue weighted by Crippen LogP contribution is -2.26. The Hall–Kier alpha value is -2.18. The first kappa shape index (κ1) is 19.6. The number of amides is 1. The van der Waals surface area contributed by atoms with Crippen LogP contribution in [0.2, 0.25) is 0 Å². The fourth-order valence-corrected chi connectivity index (χ4v) is 4.60. The molecule has 2 aromatic rings. The molecule has 1 saturated heterocycles. The smallest absolute Gasteiger partial charge is 0.251 e. The van der Waals surface area contributed by atoms with Crippen molar-refractivity contribution in [2.45, 2.75) is 30.4 Å². The molecule has 1 unspecified atom stereocenters. The van der Waals surface area contributed by atoms with Gasteiger partial charge in [-0.2, -0.15) is 0 Å². The summed E-state index contributed by atoms with van der Waals surface area (Å²) in [6, 6.07) is 13.6. The number of sulfone groups is 1. The largest absolute Gasteiger partial charge is 0.352 e. The van der Waals surface area contributed by atoms with Gasteiger partial charge in [0.25, 0.3) is 5.91 Å². The molecule has 1 aliphatic heterocycles. The third kappa shape index (κ3) is 5.40. The van der Waals surface area contributed by atoms with Gasteiger partial charge < -0.3 is 10.6 Å². The minimum absolute atomic E-state index is 0.0767. The summed E-state index contributed by atoms with van der Waals surface area (Å²) in [4.78, 5) is 12.5. The van der Waals surface area contributed by atoms with Crippen LogP contribution in [0.4, 0.5) is 0 Å². The molecule has 5 nitrogen and oxygen atoms in total. The Bertz CT molecular complexity index is 869. The second-order valence-electron chi connectivity index (χ2n) is 7.17. The maximum atomic E-state index is 12.5. The maximum absolute atomic E-state index is 12.5. The molecule has 0 saturated carbocycles. The standard InChI is InChI=1S/C21H26N2O3S/c1-16-2-8-20(9-3-16)27(25,26)15-18-4-6-19(7-5-18)21(24)23-13-11-17-10-12-22-14-17/h2-9,17,22H,10-15H2,1H3,(H,23,24). The molecular formula is C21H26N2O3S. The summed E-state index contributed by atoms with van der Waals surface area (Å²) >= 11 is 0. The lowest BCUT2D eigenvalue weighted by Gasteiger charge is -2.10. The van der Waals surface area contributed by atoms with Crippen LogP contribution in [0.25, 0.3) is 0 Å². The first-order valence-electron chi connectivity index (χ1n) is 9.31. The van der Waals surface area contributed by atoms with E-state index in [0.29, 0.717) is 28.5 Å². The van der Waals surface area contributed by atoms with Crippen LogP contribution >= 0.6 is 0 Å². The van der Waals surface area contributed by atoms with E-state index < -0.39 is 9.84 Å². The van der Waals surface area contributed by atoms with Crippen LogP contribution in [0.5, 0.6) is 0 Å². The van der Waals surface area contributed by atoms with Crippen molar-refractivity contribution in [1.29, 1.82) is 0 Å². The van der Waals surface area contributed by atoms with E-state index in [4.69, 9.17) is 0 Å². The van der Waals surface area contributed by atoms with Crippen molar-refractivity contribution in [3.05, 3.63) is 65.2 Å². The zero-order chi connectivity index (χ0) is 19.3. The highest BCUT2D eigenvalue weighted by Crippen LogP contribution is 2.18. The van der Waals surface area contributed by atoms with Crippen LogP contribution in [0, 0.1) is 12.8 Å². The summed E-state index contributed by atoms with van der Waals surface area (Å²) in [5, 5.41) is 6.26. The lowest BCUT2D eigenvalue weighted by molar-refractivity contribution is 0.0951. The molecule has 1 amide bonds. The lowest BCUT2D eigenvalue weighted by atomic mass is 10.1. The molecular weight excluding hydrogens is 360 g/mol. The van der Waals surface area contributed by atoms with E-state index in [1.165, 1.54) is 6.42 Å². The molecule has 1 aliphatic rings. The highest BCUT2D eigenvalue weighted by molar-refractivity contribution is 7.90. The Kier molecular flexibility index (Phi) is 6.29. The Balaban J connectivity index is 1.56. The van der Waals surface area contributed by atoms with E-state index in [9.17, 15) is 13.2 Å². The average Bonchev–Trinajstić information content (AvgIpc) is 3.16. The van der Waals surface area contributed by atoms with Gasteiger partial charge in [0.1, 0.15) is 0 Å². The van der Waals surface area contributed by atoms with E-state index in [2.05, 4.69) is 10.6 Å². The first-order chi connectivity index (χ1) is 12.9. The molecule has 0 aliphatic carbocycles. The number of aryl methyl sites for hydroxylation is 1. The molecule has 0 spiro atoms. The minimum Gasteiger partial charge on any atom is -0.352 e. The van der Waals surface area contributed by atoms with Gasteiger partial charge in [-0.15, -0.1) is 0 Å². The molecule has 0 aromatic heterocycles. The average molecular weight is 387 g/mol. The predicted octanol–water partition coefficient (Wildman–Crippen LogP) is 2.70. The molecule has 2 aromatic carbocycles. The van der Waals surface area contributed by atoms with Gasteiger partial charge >= 0.3 is 0 Å². The van der Waals surface area contributed by atoms with Gasteiger partial charge in [0.15, 0.2) is 9.84 Å². The minimum atomic E-state index is -3.39. The van der Waals surface area contributed by atoms with E-state index in [1.807, 2.05) is 6.92 Å². The van der Waals surface area contributed by atoms with E-state index in [0.717, 1.165) is 25.1 Å². The van der Waals surface area contributed by atoms with Crippen LogP contribution in [0.15, 0.2) is 53.4 Å². The summed E-state index contributed by atoms with van der Waals surface area (Å²) < 4.78 is 25.0. The highest BCUT2D eigenvalue weighted by Gasteiger charge is 2.16. The summed E-state index contributed by atoms with van der Waals surface area (Å²) in [5.74, 6) is 0.445. The number of hydrogen-bond donors (Lipinski definition) is 2. The Morgan fingerprint density at radius 3 is 2.44 bits per heavy atom.